The van der Waals surface area contributed by atoms with Crippen molar-refractivity contribution in [2.75, 3.05) is 26.2 Å². The lowest BCUT2D eigenvalue weighted by Crippen LogP contribution is -2.50. The third-order valence-corrected chi connectivity index (χ3v) is 9.08. The molecule has 5 nitrogen and oxygen atoms in total. The van der Waals surface area contributed by atoms with Gasteiger partial charge in [0.1, 0.15) is 4.90 Å². The second-order valence-corrected chi connectivity index (χ2v) is 10.5. The van der Waals surface area contributed by atoms with E-state index in [4.69, 9.17) is 23.2 Å². The molecule has 0 unspecified atom stereocenters. The molecule has 0 saturated carbocycles. The molecule has 1 aromatic carbocycles. The maximum atomic E-state index is 12.9. The zero-order valence-corrected chi connectivity index (χ0v) is 17.6. The monoisotopic (exact) mass is 444 g/mol. The number of rotatable bonds is 3. The van der Waals surface area contributed by atoms with Crippen LogP contribution in [0.25, 0.3) is 0 Å². The van der Waals surface area contributed by atoms with Crippen LogP contribution in [0.4, 0.5) is 0 Å². The SMILES string of the molecule is O=C(c1cc2c(s1)CCC2)N1CCN(S(=O)(=O)c2c(Cl)cccc2Cl)CC1. The van der Waals surface area contributed by atoms with Crippen molar-refractivity contribution >= 4 is 50.5 Å². The minimum absolute atomic E-state index is 0.0118. The molecule has 2 aliphatic rings. The maximum Gasteiger partial charge on any atom is 0.264 e. The topological polar surface area (TPSA) is 57.7 Å². The predicted octanol–water partition coefficient (Wildman–Crippen LogP) is 3.69. The molecule has 1 fully saturated rings. The van der Waals surface area contributed by atoms with Gasteiger partial charge in [0.25, 0.3) is 5.91 Å². The number of halogens is 2. The van der Waals surface area contributed by atoms with E-state index in [1.54, 1.807) is 22.3 Å². The van der Waals surface area contributed by atoms with Crippen molar-refractivity contribution in [3.63, 3.8) is 0 Å². The van der Waals surface area contributed by atoms with Gasteiger partial charge in [-0.2, -0.15) is 4.31 Å². The largest absolute Gasteiger partial charge is 0.335 e. The molecular formula is C18H18Cl2N2O3S2. The molecule has 1 amide bonds. The number of hydrogen-bond acceptors (Lipinski definition) is 4. The minimum atomic E-state index is -3.80. The fourth-order valence-electron chi connectivity index (χ4n) is 3.58. The Morgan fingerprint density at radius 3 is 2.33 bits per heavy atom. The summed E-state index contributed by atoms with van der Waals surface area (Å²) < 4.78 is 27.2. The van der Waals surface area contributed by atoms with E-state index in [-0.39, 0.29) is 33.9 Å². The zero-order chi connectivity index (χ0) is 19.2. The van der Waals surface area contributed by atoms with E-state index in [2.05, 4.69) is 0 Å². The molecule has 144 valence electrons. The summed E-state index contributed by atoms with van der Waals surface area (Å²) in [7, 11) is -3.80. The normalized spacial score (nSPS) is 17.9. The Labute approximate surface area is 172 Å². The average Bonchev–Trinajstić information content (AvgIpc) is 3.23. The van der Waals surface area contributed by atoms with Gasteiger partial charge >= 0.3 is 0 Å². The van der Waals surface area contributed by atoms with Crippen LogP contribution < -0.4 is 0 Å². The smallest absolute Gasteiger partial charge is 0.264 e. The number of carbonyl (C=O) groups is 1. The molecule has 0 N–H and O–H groups in total. The van der Waals surface area contributed by atoms with Crippen molar-refractivity contribution in [3.05, 3.63) is 49.6 Å². The van der Waals surface area contributed by atoms with Gasteiger partial charge in [0.15, 0.2) is 0 Å². The van der Waals surface area contributed by atoms with Gasteiger partial charge in [-0.15, -0.1) is 11.3 Å². The average molecular weight is 445 g/mol. The molecule has 1 saturated heterocycles. The Morgan fingerprint density at radius 2 is 1.70 bits per heavy atom. The van der Waals surface area contributed by atoms with E-state index < -0.39 is 10.0 Å². The number of fused-ring (bicyclic) bond motifs is 1. The highest BCUT2D eigenvalue weighted by molar-refractivity contribution is 7.89. The third kappa shape index (κ3) is 3.51. The molecule has 0 atom stereocenters. The summed E-state index contributed by atoms with van der Waals surface area (Å²) in [6, 6.07) is 6.63. The Bertz CT molecular complexity index is 954. The van der Waals surface area contributed by atoms with Gasteiger partial charge in [0, 0.05) is 31.1 Å². The number of thiophene rings is 1. The number of benzene rings is 1. The van der Waals surface area contributed by atoms with E-state index in [0.717, 1.165) is 24.1 Å². The first kappa shape index (κ1) is 19.2. The first-order valence-corrected chi connectivity index (χ1v) is 11.7. The lowest BCUT2D eigenvalue weighted by molar-refractivity contribution is 0.0702. The molecule has 1 aliphatic carbocycles. The van der Waals surface area contributed by atoms with Crippen molar-refractivity contribution in [1.29, 1.82) is 0 Å². The maximum absolute atomic E-state index is 12.9. The summed E-state index contributed by atoms with van der Waals surface area (Å²) in [5.74, 6) is -0.0118. The molecule has 1 aliphatic heterocycles. The zero-order valence-electron chi connectivity index (χ0n) is 14.5. The van der Waals surface area contributed by atoms with Crippen LogP contribution in [0.3, 0.4) is 0 Å². The van der Waals surface area contributed by atoms with Crippen LogP contribution in [-0.2, 0) is 22.9 Å². The van der Waals surface area contributed by atoms with Crippen molar-refractivity contribution < 1.29 is 13.2 Å². The summed E-state index contributed by atoms with van der Waals surface area (Å²) >= 11 is 13.7. The first-order valence-electron chi connectivity index (χ1n) is 8.73. The summed E-state index contributed by atoms with van der Waals surface area (Å²) in [6.45, 7) is 1.15. The number of carbonyl (C=O) groups excluding carboxylic acids is 1. The van der Waals surface area contributed by atoms with Crippen molar-refractivity contribution in [2.45, 2.75) is 24.2 Å². The van der Waals surface area contributed by atoms with E-state index >= 15 is 0 Å². The minimum Gasteiger partial charge on any atom is -0.335 e. The second kappa shape index (κ2) is 7.37. The Hall–Kier alpha value is -1.12. The molecular weight excluding hydrogens is 427 g/mol. The van der Waals surface area contributed by atoms with Crippen LogP contribution in [0.2, 0.25) is 10.0 Å². The van der Waals surface area contributed by atoms with Gasteiger partial charge in [-0.25, -0.2) is 8.42 Å². The first-order chi connectivity index (χ1) is 12.9. The van der Waals surface area contributed by atoms with E-state index in [0.29, 0.717) is 13.1 Å². The number of amides is 1. The van der Waals surface area contributed by atoms with Gasteiger partial charge in [0.05, 0.1) is 14.9 Å². The summed E-state index contributed by atoms with van der Waals surface area (Å²) in [5.41, 5.74) is 1.29. The van der Waals surface area contributed by atoms with Gasteiger partial charge in [-0.05, 0) is 43.0 Å². The predicted molar refractivity (Wildman–Crippen MR) is 107 cm³/mol. The summed E-state index contributed by atoms with van der Waals surface area (Å²) in [5, 5.41) is 0.211. The molecule has 27 heavy (non-hydrogen) atoms. The highest BCUT2D eigenvalue weighted by Crippen LogP contribution is 2.33. The quantitative estimate of drug-likeness (QED) is 0.724. The molecule has 2 heterocycles. The summed E-state index contributed by atoms with van der Waals surface area (Å²) in [6.07, 6.45) is 3.26. The van der Waals surface area contributed by atoms with Crippen molar-refractivity contribution in [3.8, 4) is 0 Å². The number of nitrogens with zero attached hydrogens (tertiary/aromatic N) is 2. The van der Waals surface area contributed by atoms with Crippen LogP contribution >= 0.6 is 34.5 Å². The highest BCUT2D eigenvalue weighted by atomic mass is 35.5. The molecule has 0 radical (unpaired) electrons. The van der Waals surface area contributed by atoms with Crippen LogP contribution in [0.15, 0.2) is 29.2 Å². The van der Waals surface area contributed by atoms with Crippen molar-refractivity contribution in [2.24, 2.45) is 0 Å². The number of hydrogen-bond donors (Lipinski definition) is 0. The molecule has 1 aromatic heterocycles. The molecule has 9 heteroatoms. The van der Waals surface area contributed by atoms with E-state index in [1.165, 1.54) is 26.9 Å². The Morgan fingerprint density at radius 1 is 1.04 bits per heavy atom. The summed E-state index contributed by atoms with van der Waals surface area (Å²) in [4.78, 5) is 16.5. The van der Waals surface area contributed by atoms with Gasteiger partial charge in [0.2, 0.25) is 10.0 Å². The van der Waals surface area contributed by atoms with Gasteiger partial charge in [-0.1, -0.05) is 29.3 Å². The van der Waals surface area contributed by atoms with E-state index in [1.807, 2.05) is 6.07 Å². The highest BCUT2D eigenvalue weighted by Gasteiger charge is 2.33. The second-order valence-electron chi connectivity index (χ2n) is 6.66. The fourth-order valence-corrected chi connectivity index (χ4v) is 7.31. The Kier molecular flexibility index (Phi) is 5.24. The fraction of sp³-hybridized carbons (Fsp3) is 0.389. The Balaban J connectivity index is 1.47. The van der Waals surface area contributed by atoms with Gasteiger partial charge < -0.3 is 4.90 Å². The molecule has 4 rings (SSSR count). The molecule has 0 spiro atoms. The van der Waals surface area contributed by atoms with Crippen LogP contribution in [0.1, 0.15) is 26.5 Å². The van der Waals surface area contributed by atoms with Gasteiger partial charge in [-0.3, -0.25) is 4.79 Å². The number of sulfonamides is 1. The molecule has 2 aromatic rings. The van der Waals surface area contributed by atoms with Crippen LogP contribution in [0, 0.1) is 0 Å². The lowest BCUT2D eigenvalue weighted by Gasteiger charge is -2.34. The molecule has 0 bridgehead atoms. The van der Waals surface area contributed by atoms with Crippen LogP contribution in [-0.4, -0.2) is 49.7 Å². The standard InChI is InChI=1S/C18H18Cl2N2O3S2/c19-13-4-2-5-14(20)17(13)27(24,25)22-9-7-21(8-10-22)18(23)16-11-12-3-1-6-15(12)26-16/h2,4-5,11H,1,3,6-10H2. The number of piperazine rings is 1. The third-order valence-electron chi connectivity index (χ3n) is 5.00. The van der Waals surface area contributed by atoms with E-state index in [9.17, 15) is 13.2 Å². The van der Waals surface area contributed by atoms with Crippen LogP contribution in [0.5, 0.6) is 0 Å². The lowest BCUT2D eigenvalue weighted by atomic mass is 10.2. The van der Waals surface area contributed by atoms with Crippen molar-refractivity contribution in [1.82, 2.24) is 9.21 Å². The number of aryl methyl sites for hydroxylation is 2.